The molecule has 1 unspecified atom stereocenters. The number of carboxylic acid groups (broad SMARTS) is 1. The first-order valence-corrected chi connectivity index (χ1v) is 17.8. The summed E-state index contributed by atoms with van der Waals surface area (Å²) in [6.45, 7) is 19.9. The van der Waals surface area contributed by atoms with Crippen molar-refractivity contribution in [1.29, 1.82) is 0 Å². The lowest BCUT2D eigenvalue weighted by atomic mass is 9.76. The molecular formula is C41H52FN3O4. The van der Waals surface area contributed by atoms with E-state index in [-0.39, 0.29) is 28.9 Å². The molecule has 49 heavy (non-hydrogen) atoms. The van der Waals surface area contributed by atoms with Crippen molar-refractivity contribution in [3.05, 3.63) is 76.3 Å². The highest BCUT2D eigenvalue weighted by Gasteiger charge is 2.66. The number of piperidine rings is 1. The van der Waals surface area contributed by atoms with Crippen molar-refractivity contribution in [1.82, 2.24) is 14.8 Å². The predicted molar refractivity (Wildman–Crippen MR) is 192 cm³/mol. The van der Waals surface area contributed by atoms with Crippen LogP contribution in [0.15, 0.2) is 53.8 Å². The zero-order chi connectivity index (χ0) is 35.5. The minimum absolute atomic E-state index is 0.0125. The van der Waals surface area contributed by atoms with E-state index < -0.39 is 11.6 Å². The number of rotatable bonds is 10. The summed E-state index contributed by atoms with van der Waals surface area (Å²) in [5, 5.41) is 9.83. The molecule has 7 nitrogen and oxygen atoms in total. The van der Waals surface area contributed by atoms with Crippen LogP contribution in [0.3, 0.4) is 0 Å². The molecule has 2 atom stereocenters. The Morgan fingerprint density at radius 2 is 1.80 bits per heavy atom. The molecule has 3 aliphatic carbocycles. The van der Waals surface area contributed by atoms with Crippen molar-refractivity contribution >= 4 is 17.4 Å². The molecule has 1 N–H and O–H groups in total. The van der Waals surface area contributed by atoms with Gasteiger partial charge in [0.25, 0.3) is 5.91 Å². The average Bonchev–Trinajstić information content (AvgIpc) is 3.93. The smallest absolute Gasteiger partial charge is 0.337 e. The van der Waals surface area contributed by atoms with E-state index in [2.05, 4.69) is 23.4 Å². The number of ether oxygens (including phenoxy) is 1. The number of halogens is 1. The van der Waals surface area contributed by atoms with Gasteiger partial charge in [-0.3, -0.25) is 14.7 Å². The zero-order valence-corrected chi connectivity index (χ0v) is 30.3. The number of alkyl halides is 1. The van der Waals surface area contributed by atoms with E-state index in [0.717, 1.165) is 73.0 Å². The number of aliphatic carboxylic acids is 1. The molecule has 2 saturated carbocycles. The number of nitrogens with zero attached hydrogens (tertiary/aromatic N) is 3. The minimum Gasteiger partial charge on any atom is -0.491 e. The van der Waals surface area contributed by atoms with Gasteiger partial charge in [0, 0.05) is 34.0 Å². The van der Waals surface area contributed by atoms with Crippen LogP contribution in [-0.4, -0.2) is 69.7 Å². The maximum Gasteiger partial charge on any atom is 0.337 e. The molecule has 1 aliphatic heterocycles. The second-order valence-electron chi connectivity index (χ2n) is 15.5. The number of hydrogen-bond acceptors (Lipinski definition) is 5. The molecule has 3 fully saturated rings. The number of aryl methyl sites for hydroxylation is 2. The van der Waals surface area contributed by atoms with Crippen LogP contribution in [-0.2, 0) is 9.59 Å². The topological polar surface area (TPSA) is 83.0 Å². The summed E-state index contributed by atoms with van der Waals surface area (Å²) >= 11 is 0. The Labute approximate surface area is 290 Å². The van der Waals surface area contributed by atoms with Crippen LogP contribution < -0.4 is 4.74 Å². The number of pyridine rings is 1. The Balaban J connectivity index is 1.19. The molecule has 1 saturated heterocycles. The summed E-state index contributed by atoms with van der Waals surface area (Å²) in [5.41, 5.74) is 6.62. The molecule has 1 aromatic carbocycles. The van der Waals surface area contributed by atoms with Crippen LogP contribution in [0.25, 0.3) is 16.7 Å². The summed E-state index contributed by atoms with van der Waals surface area (Å²) in [6.07, 6.45) is 8.11. The quantitative estimate of drug-likeness (QED) is 0.256. The van der Waals surface area contributed by atoms with Crippen molar-refractivity contribution < 1.29 is 23.8 Å². The second kappa shape index (κ2) is 12.8. The molecule has 2 spiro atoms. The van der Waals surface area contributed by atoms with Crippen LogP contribution in [0.1, 0.15) is 95.2 Å². The molecular weight excluding hydrogens is 617 g/mol. The molecule has 262 valence electrons. The fourth-order valence-corrected chi connectivity index (χ4v) is 8.72. The Kier molecular flexibility index (Phi) is 9.18. The molecule has 6 rings (SSSR count). The fourth-order valence-electron chi connectivity index (χ4n) is 8.72. The van der Waals surface area contributed by atoms with Crippen LogP contribution in [0.4, 0.5) is 4.39 Å². The van der Waals surface area contributed by atoms with Crippen molar-refractivity contribution in [3.63, 3.8) is 0 Å². The standard InChI is InChI=1S/C41H52FN3O4/c1-9-31(38(47)48)36-28(6)32(21-27(5)43-36)34-20-26(4)10-11-35(34)49-19-18-45(25(2)3)37(46)33-22-30(23-40(12-13-40)29(33)7)44-16-14-41(15-17-44)24-39(41,8)42/h9-11,20-21,30H,2,12-19,22-24H2,1,3-8H3,(H,47,48)/b31-9+/t30-,39?/m1/s1. The zero-order valence-electron chi connectivity index (χ0n) is 30.3. The van der Waals surface area contributed by atoms with E-state index in [1.54, 1.807) is 24.8 Å². The summed E-state index contributed by atoms with van der Waals surface area (Å²) in [4.78, 5) is 35.2. The monoisotopic (exact) mass is 669 g/mol. The Bertz CT molecular complexity index is 1760. The largest absolute Gasteiger partial charge is 0.491 e. The second-order valence-corrected chi connectivity index (χ2v) is 15.5. The molecule has 2 aromatic rings. The third-order valence-corrected chi connectivity index (χ3v) is 12.2. The van der Waals surface area contributed by atoms with Crippen molar-refractivity contribution in [3.8, 4) is 16.9 Å². The van der Waals surface area contributed by atoms with Gasteiger partial charge in [0.1, 0.15) is 18.0 Å². The third-order valence-electron chi connectivity index (χ3n) is 12.2. The van der Waals surface area contributed by atoms with E-state index in [4.69, 9.17) is 4.74 Å². The lowest BCUT2D eigenvalue weighted by Crippen LogP contribution is -2.47. The van der Waals surface area contributed by atoms with Crippen molar-refractivity contribution in [2.75, 3.05) is 26.2 Å². The number of carboxylic acids is 1. The van der Waals surface area contributed by atoms with Gasteiger partial charge in [0.15, 0.2) is 0 Å². The number of aromatic nitrogens is 1. The van der Waals surface area contributed by atoms with Gasteiger partial charge < -0.3 is 14.7 Å². The first kappa shape index (κ1) is 35.1. The van der Waals surface area contributed by atoms with Gasteiger partial charge in [0.2, 0.25) is 0 Å². The Hall–Kier alpha value is -3.78. The first-order valence-electron chi connectivity index (χ1n) is 17.8. The molecule has 2 heterocycles. The lowest BCUT2D eigenvalue weighted by Gasteiger charge is -2.43. The summed E-state index contributed by atoms with van der Waals surface area (Å²) in [5.74, 6) is -0.350. The Morgan fingerprint density at radius 3 is 2.37 bits per heavy atom. The van der Waals surface area contributed by atoms with Gasteiger partial charge in [-0.15, -0.1) is 0 Å². The molecule has 4 aliphatic rings. The average molecular weight is 670 g/mol. The van der Waals surface area contributed by atoms with E-state index in [1.165, 1.54) is 5.57 Å². The normalized spacial score (nSPS) is 24.2. The van der Waals surface area contributed by atoms with E-state index in [0.29, 0.717) is 48.3 Å². The summed E-state index contributed by atoms with van der Waals surface area (Å²) in [7, 11) is 0. The number of amides is 1. The predicted octanol–water partition coefficient (Wildman–Crippen LogP) is 8.38. The van der Waals surface area contributed by atoms with E-state index >= 15 is 0 Å². The summed E-state index contributed by atoms with van der Waals surface area (Å²) in [6, 6.07) is 8.23. The van der Waals surface area contributed by atoms with Gasteiger partial charge in [-0.05, 0) is 141 Å². The molecule has 1 amide bonds. The van der Waals surface area contributed by atoms with Gasteiger partial charge in [-0.25, -0.2) is 9.18 Å². The van der Waals surface area contributed by atoms with Crippen molar-refractivity contribution in [2.45, 2.75) is 105 Å². The van der Waals surface area contributed by atoms with Crippen LogP contribution in [0.5, 0.6) is 5.75 Å². The van der Waals surface area contributed by atoms with Crippen LogP contribution >= 0.6 is 0 Å². The number of carbonyl (C=O) groups is 2. The van der Waals surface area contributed by atoms with Gasteiger partial charge in [-0.1, -0.05) is 29.9 Å². The number of benzene rings is 1. The number of hydrogen-bond donors (Lipinski definition) is 1. The molecule has 0 radical (unpaired) electrons. The lowest BCUT2D eigenvalue weighted by molar-refractivity contribution is -0.130. The maximum atomic E-state index is 14.8. The highest BCUT2D eigenvalue weighted by molar-refractivity contribution is 6.15. The van der Waals surface area contributed by atoms with Crippen LogP contribution in [0, 0.1) is 31.6 Å². The number of likely N-dealkylation sites (tertiary alicyclic amines) is 1. The molecule has 0 bridgehead atoms. The maximum absolute atomic E-state index is 14.8. The van der Waals surface area contributed by atoms with E-state index in [1.807, 2.05) is 52.0 Å². The number of allylic oxidation sites excluding steroid dienone is 3. The SMILES string of the molecule is C=C(C)N(CCOc1ccc(C)cc1-c1cc(C)nc(/C(=C\C)C(=O)O)c1C)C(=O)C1=C(C)C2(CC2)C[C@H](N2CCC3(CC2)CC3(C)F)C1. The van der Waals surface area contributed by atoms with Gasteiger partial charge in [0.05, 0.1) is 17.8 Å². The van der Waals surface area contributed by atoms with Crippen LogP contribution in [0.2, 0.25) is 0 Å². The minimum atomic E-state index is -1.02. The first-order chi connectivity index (χ1) is 23.1. The van der Waals surface area contributed by atoms with Gasteiger partial charge >= 0.3 is 5.97 Å². The van der Waals surface area contributed by atoms with Gasteiger partial charge in [-0.2, -0.15) is 0 Å². The van der Waals surface area contributed by atoms with E-state index in [9.17, 15) is 19.1 Å². The fraction of sp³-hybridized carbons (Fsp3) is 0.537. The molecule has 8 heteroatoms. The highest BCUT2D eigenvalue weighted by atomic mass is 19.1. The number of carbonyl (C=O) groups excluding carboxylic acids is 1. The third kappa shape index (κ3) is 6.49. The Morgan fingerprint density at radius 1 is 1.12 bits per heavy atom. The molecule has 1 aromatic heterocycles. The van der Waals surface area contributed by atoms with Crippen molar-refractivity contribution in [2.24, 2.45) is 10.8 Å². The highest BCUT2D eigenvalue weighted by Crippen LogP contribution is 2.65. The summed E-state index contributed by atoms with van der Waals surface area (Å²) < 4.78 is 21.2.